The zero-order chi connectivity index (χ0) is 21.3. The van der Waals surface area contributed by atoms with E-state index in [-0.39, 0.29) is 41.6 Å². The lowest BCUT2D eigenvalue weighted by molar-refractivity contribution is 0.0844. The van der Waals surface area contributed by atoms with Crippen molar-refractivity contribution in [1.82, 2.24) is 15.0 Å². The number of aromatic nitrogens is 3. The highest BCUT2D eigenvalue weighted by Gasteiger charge is 2.31. The number of phenols is 2. The van der Waals surface area contributed by atoms with Gasteiger partial charge in [0.05, 0.1) is 19.7 Å². The summed E-state index contributed by atoms with van der Waals surface area (Å²) in [6, 6.07) is 7.77. The SMILES string of the molecule is CCn1cc(COc2cc(O)c3c(c2)O[C@H](c2ccc(OC)c(O)c2)CC3=O)nn1. The van der Waals surface area contributed by atoms with Gasteiger partial charge in [-0.2, -0.15) is 0 Å². The summed E-state index contributed by atoms with van der Waals surface area (Å²) < 4.78 is 18.4. The first-order valence-corrected chi connectivity index (χ1v) is 9.44. The number of benzene rings is 2. The van der Waals surface area contributed by atoms with Gasteiger partial charge in [0.2, 0.25) is 0 Å². The number of Topliss-reactive ketones (excluding diaryl/α,β-unsaturated/α-hetero) is 1. The number of carbonyl (C=O) groups excluding carboxylic acids is 1. The molecule has 3 aromatic rings. The van der Waals surface area contributed by atoms with E-state index in [1.807, 2.05) is 6.92 Å². The molecule has 0 saturated heterocycles. The number of aryl methyl sites for hydroxylation is 1. The largest absolute Gasteiger partial charge is 0.507 e. The van der Waals surface area contributed by atoms with Gasteiger partial charge in [-0.3, -0.25) is 9.48 Å². The quantitative estimate of drug-likeness (QED) is 0.636. The third-order valence-corrected chi connectivity index (χ3v) is 4.85. The highest BCUT2D eigenvalue weighted by molar-refractivity contribution is 6.02. The molecule has 0 radical (unpaired) electrons. The van der Waals surface area contributed by atoms with E-state index in [1.165, 1.54) is 19.2 Å². The molecular formula is C21H21N3O6. The molecule has 2 aromatic carbocycles. The second-order valence-electron chi connectivity index (χ2n) is 6.83. The summed E-state index contributed by atoms with van der Waals surface area (Å²) in [4.78, 5) is 12.6. The molecule has 156 valence electrons. The van der Waals surface area contributed by atoms with Crippen molar-refractivity contribution in [2.75, 3.05) is 7.11 Å². The molecule has 9 heteroatoms. The molecule has 0 bridgehead atoms. The van der Waals surface area contributed by atoms with Crippen molar-refractivity contribution in [3.63, 3.8) is 0 Å². The molecule has 1 atom stereocenters. The fourth-order valence-electron chi connectivity index (χ4n) is 3.31. The van der Waals surface area contributed by atoms with Crippen LogP contribution in [0.25, 0.3) is 0 Å². The molecule has 2 heterocycles. The van der Waals surface area contributed by atoms with Crippen LogP contribution in [-0.2, 0) is 13.2 Å². The summed E-state index contributed by atoms with van der Waals surface area (Å²) in [7, 11) is 1.46. The van der Waals surface area contributed by atoms with Gasteiger partial charge < -0.3 is 24.4 Å². The van der Waals surface area contributed by atoms with E-state index >= 15 is 0 Å². The number of hydrogen-bond donors (Lipinski definition) is 2. The number of fused-ring (bicyclic) bond motifs is 1. The minimum absolute atomic E-state index is 0.0344. The summed E-state index contributed by atoms with van der Waals surface area (Å²) >= 11 is 0. The smallest absolute Gasteiger partial charge is 0.174 e. The lowest BCUT2D eigenvalue weighted by atomic mass is 9.95. The van der Waals surface area contributed by atoms with E-state index in [1.54, 1.807) is 29.1 Å². The Morgan fingerprint density at radius 2 is 2.07 bits per heavy atom. The van der Waals surface area contributed by atoms with Crippen molar-refractivity contribution in [1.29, 1.82) is 0 Å². The molecule has 9 nitrogen and oxygen atoms in total. The first-order valence-electron chi connectivity index (χ1n) is 9.44. The number of ether oxygens (including phenoxy) is 3. The van der Waals surface area contributed by atoms with Gasteiger partial charge in [0.25, 0.3) is 0 Å². The van der Waals surface area contributed by atoms with Crippen molar-refractivity contribution in [3.8, 4) is 28.7 Å². The van der Waals surface area contributed by atoms with Crippen molar-refractivity contribution in [3.05, 3.63) is 53.3 Å². The van der Waals surface area contributed by atoms with E-state index < -0.39 is 6.10 Å². The van der Waals surface area contributed by atoms with Crippen molar-refractivity contribution < 1.29 is 29.2 Å². The Balaban J connectivity index is 1.57. The van der Waals surface area contributed by atoms with Crippen LogP contribution in [0.4, 0.5) is 0 Å². The first kappa shape index (κ1) is 19.6. The summed E-state index contributed by atoms with van der Waals surface area (Å²) in [5, 5.41) is 28.3. The summed E-state index contributed by atoms with van der Waals surface area (Å²) in [5.74, 6) is 0.376. The lowest BCUT2D eigenvalue weighted by Crippen LogP contribution is -2.20. The molecule has 1 aliphatic rings. The number of nitrogens with zero attached hydrogens (tertiary/aromatic N) is 3. The zero-order valence-electron chi connectivity index (χ0n) is 16.5. The third kappa shape index (κ3) is 3.73. The molecule has 4 rings (SSSR count). The van der Waals surface area contributed by atoms with Crippen LogP contribution in [0.3, 0.4) is 0 Å². The van der Waals surface area contributed by atoms with Gasteiger partial charge in [0.1, 0.15) is 41.2 Å². The standard InChI is InChI=1S/C21H21N3O6/c1-3-24-10-13(22-23-24)11-29-14-7-16(26)21-17(27)9-19(30-20(21)8-14)12-4-5-18(28-2)15(25)6-12/h4-8,10,19,25-26H,3,9,11H2,1-2H3/t19-/m0/s1. The predicted octanol–water partition coefficient (Wildman–Crippen LogP) is 3.00. The van der Waals surface area contributed by atoms with E-state index in [0.717, 1.165) is 0 Å². The van der Waals surface area contributed by atoms with Crippen LogP contribution in [0.2, 0.25) is 0 Å². The molecule has 0 spiro atoms. The maximum Gasteiger partial charge on any atom is 0.174 e. The fraction of sp³-hybridized carbons (Fsp3) is 0.286. The molecule has 0 amide bonds. The zero-order valence-corrected chi connectivity index (χ0v) is 16.5. The summed E-state index contributed by atoms with van der Waals surface area (Å²) in [6.07, 6.45) is 1.19. The fourth-order valence-corrected chi connectivity index (χ4v) is 3.31. The number of carbonyl (C=O) groups is 1. The van der Waals surface area contributed by atoms with Gasteiger partial charge in [-0.05, 0) is 24.6 Å². The molecule has 30 heavy (non-hydrogen) atoms. The van der Waals surface area contributed by atoms with Crippen LogP contribution in [-0.4, -0.2) is 38.1 Å². The third-order valence-electron chi connectivity index (χ3n) is 4.85. The molecule has 0 saturated carbocycles. The van der Waals surface area contributed by atoms with Crippen molar-refractivity contribution >= 4 is 5.78 Å². The lowest BCUT2D eigenvalue weighted by Gasteiger charge is -2.26. The van der Waals surface area contributed by atoms with Crippen LogP contribution in [0, 0.1) is 0 Å². The highest BCUT2D eigenvalue weighted by atomic mass is 16.5. The minimum atomic E-state index is -0.610. The average molecular weight is 411 g/mol. The second-order valence-corrected chi connectivity index (χ2v) is 6.83. The minimum Gasteiger partial charge on any atom is -0.507 e. The van der Waals surface area contributed by atoms with E-state index in [0.29, 0.717) is 29.3 Å². The number of ketones is 1. The van der Waals surface area contributed by atoms with Crippen molar-refractivity contribution in [2.45, 2.75) is 32.6 Å². The highest BCUT2D eigenvalue weighted by Crippen LogP contribution is 2.43. The Labute approximate surface area is 172 Å². The van der Waals surface area contributed by atoms with Gasteiger partial charge in [0, 0.05) is 18.7 Å². The molecule has 0 unspecified atom stereocenters. The van der Waals surface area contributed by atoms with Gasteiger partial charge in [-0.15, -0.1) is 5.10 Å². The number of hydrogen-bond acceptors (Lipinski definition) is 8. The molecule has 0 fully saturated rings. The molecule has 1 aromatic heterocycles. The maximum absolute atomic E-state index is 12.6. The van der Waals surface area contributed by atoms with Crippen molar-refractivity contribution in [2.24, 2.45) is 0 Å². The Morgan fingerprint density at radius 3 is 2.77 bits per heavy atom. The number of phenolic OH excluding ortho intramolecular Hbond substituents is 2. The van der Waals surface area contributed by atoms with Gasteiger partial charge in [-0.25, -0.2) is 0 Å². The average Bonchev–Trinajstić information content (AvgIpc) is 3.19. The van der Waals surface area contributed by atoms with E-state index in [9.17, 15) is 15.0 Å². The molecule has 2 N–H and O–H groups in total. The van der Waals surface area contributed by atoms with Crippen LogP contribution in [0.5, 0.6) is 28.7 Å². The summed E-state index contributed by atoms with van der Waals surface area (Å²) in [6.45, 7) is 2.81. The molecular weight excluding hydrogens is 390 g/mol. The van der Waals surface area contributed by atoms with Gasteiger partial charge >= 0.3 is 0 Å². The molecule has 1 aliphatic heterocycles. The topological polar surface area (TPSA) is 116 Å². The van der Waals surface area contributed by atoms with Gasteiger partial charge in [-0.1, -0.05) is 11.3 Å². The Bertz CT molecular complexity index is 1090. The number of aromatic hydroxyl groups is 2. The normalized spacial score (nSPS) is 15.4. The Morgan fingerprint density at radius 1 is 1.23 bits per heavy atom. The van der Waals surface area contributed by atoms with Crippen LogP contribution in [0.15, 0.2) is 36.5 Å². The maximum atomic E-state index is 12.6. The van der Waals surface area contributed by atoms with Crippen LogP contribution in [0.1, 0.15) is 41.1 Å². The van der Waals surface area contributed by atoms with Gasteiger partial charge in [0.15, 0.2) is 17.3 Å². The second kappa shape index (κ2) is 7.94. The molecule has 0 aliphatic carbocycles. The van der Waals surface area contributed by atoms with Crippen LogP contribution >= 0.6 is 0 Å². The monoisotopic (exact) mass is 411 g/mol. The number of methoxy groups -OCH3 is 1. The first-order chi connectivity index (χ1) is 14.5. The number of rotatable bonds is 6. The Kier molecular flexibility index (Phi) is 5.18. The Hall–Kier alpha value is -3.75. The van der Waals surface area contributed by atoms with Crippen LogP contribution < -0.4 is 14.2 Å². The predicted molar refractivity (Wildman–Crippen MR) is 105 cm³/mol. The van der Waals surface area contributed by atoms with E-state index in [2.05, 4.69) is 10.3 Å². The van der Waals surface area contributed by atoms with E-state index in [4.69, 9.17) is 14.2 Å². The summed E-state index contributed by atoms with van der Waals surface area (Å²) in [5.41, 5.74) is 1.38.